The molecule has 0 spiro atoms. The van der Waals surface area contributed by atoms with Gasteiger partial charge in [-0.05, 0) is 18.4 Å². The van der Waals surface area contributed by atoms with Crippen LogP contribution in [0.15, 0.2) is 18.5 Å². The van der Waals surface area contributed by atoms with Gasteiger partial charge in [-0.25, -0.2) is 0 Å². The highest BCUT2D eigenvalue weighted by molar-refractivity contribution is 6.17. The minimum atomic E-state index is -0.297. The van der Waals surface area contributed by atoms with E-state index in [0.29, 0.717) is 18.2 Å². The van der Waals surface area contributed by atoms with E-state index in [-0.39, 0.29) is 23.3 Å². The number of halogens is 1. The van der Waals surface area contributed by atoms with E-state index in [1.54, 1.807) is 0 Å². The molecule has 0 radical (unpaired) electrons. The number of nitrogens with zero attached hydrogens (tertiary/aromatic N) is 1. The molecule has 1 aromatic rings. The zero-order chi connectivity index (χ0) is 12.8. The van der Waals surface area contributed by atoms with Gasteiger partial charge in [0.15, 0.2) is 0 Å². The highest BCUT2D eigenvalue weighted by Crippen LogP contribution is 2.15. The number of alkyl halides is 1. The Kier molecular flexibility index (Phi) is 5.22. The van der Waals surface area contributed by atoms with Gasteiger partial charge in [0.25, 0.3) is 5.91 Å². The lowest BCUT2D eigenvalue weighted by molar-refractivity contribution is 0.0922. The lowest BCUT2D eigenvalue weighted by Gasteiger charge is -2.21. The number of carbonyl (C=O) groups is 1. The Bertz CT molecular complexity index is 383. The van der Waals surface area contributed by atoms with Crippen molar-refractivity contribution in [2.45, 2.75) is 26.3 Å². The molecule has 0 bridgehead atoms. The first-order valence-electron chi connectivity index (χ1n) is 5.56. The lowest BCUT2D eigenvalue weighted by Crippen LogP contribution is -2.38. The van der Waals surface area contributed by atoms with Crippen LogP contribution in [-0.4, -0.2) is 27.9 Å². The van der Waals surface area contributed by atoms with Crippen LogP contribution in [0.4, 0.5) is 0 Å². The van der Waals surface area contributed by atoms with Crippen molar-refractivity contribution in [1.82, 2.24) is 10.3 Å². The Morgan fingerprint density at radius 3 is 2.82 bits per heavy atom. The van der Waals surface area contributed by atoms with Gasteiger partial charge in [-0.2, -0.15) is 0 Å². The maximum absolute atomic E-state index is 11.9. The van der Waals surface area contributed by atoms with Gasteiger partial charge in [-0.3, -0.25) is 9.78 Å². The molecule has 1 aromatic heterocycles. The standard InChI is InChI=1S/C12H17ClN2O2/c1-8(2)10(3-5-13)15-12(17)9-4-6-14-7-11(9)16/h4,6-8,10,16H,3,5H2,1-2H3,(H,15,17). The van der Waals surface area contributed by atoms with Gasteiger partial charge in [0, 0.05) is 18.1 Å². The van der Waals surface area contributed by atoms with Crippen molar-refractivity contribution in [3.05, 3.63) is 24.0 Å². The molecule has 0 aliphatic carbocycles. The fourth-order valence-corrected chi connectivity index (χ4v) is 1.75. The molecule has 1 atom stereocenters. The van der Waals surface area contributed by atoms with E-state index >= 15 is 0 Å². The number of nitrogens with one attached hydrogen (secondary N) is 1. The number of carbonyl (C=O) groups excluding carboxylic acids is 1. The molecule has 4 nitrogen and oxygen atoms in total. The number of amides is 1. The fraction of sp³-hybridized carbons (Fsp3) is 0.500. The van der Waals surface area contributed by atoms with Crippen molar-refractivity contribution < 1.29 is 9.90 Å². The SMILES string of the molecule is CC(C)C(CCCl)NC(=O)c1ccncc1O. The highest BCUT2D eigenvalue weighted by atomic mass is 35.5. The first-order chi connectivity index (χ1) is 8.06. The van der Waals surface area contributed by atoms with Crippen LogP contribution in [0, 0.1) is 5.92 Å². The summed E-state index contributed by atoms with van der Waals surface area (Å²) in [6.07, 6.45) is 3.43. The van der Waals surface area contributed by atoms with E-state index < -0.39 is 0 Å². The Labute approximate surface area is 106 Å². The first-order valence-corrected chi connectivity index (χ1v) is 6.09. The Morgan fingerprint density at radius 2 is 2.29 bits per heavy atom. The van der Waals surface area contributed by atoms with E-state index in [0.717, 1.165) is 0 Å². The maximum Gasteiger partial charge on any atom is 0.255 e. The summed E-state index contributed by atoms with van der Waals surface area (Å²) in [5, 5.41) is 12.4. The molecule has 17 heavy (non-hydrogen) atoms. The van der Waals surface area contributed by atoms with Crippen molar-refractivity contribution in [3.8, 4) is 5.75 Å². The van der Waals surface area contributed by atoms with Gasteiger partial charge in [-0.1, -0.05) is 13.8 Å². The number of pyridine rings is 1. The number of aromatic hydroxyl groups is 1. The molecule has 1 unspecified atom stereocenters. The number of aromatic nitrogens is 1. The second kappa shape index (κ2) is 6.45. The van der Waals surface area contributed by atoms with Crippen LogP contribution in [0.3, 0.4) is 0 Å². The summed E-state index contributed by atoms with van der Waals surface area (Å²) in [5.41, 5.74) is 0.236. The molecule has 5 heteroatoms. The predicted molar refractivity (Wildman–Crippen MR) is 67.3 cm³/mol. The number of hydrogen-bond donors (Lipinski definition) is 2. The zero-order valence-corrected chi connectivity index (χ0v) is 10.7. The predicted octanol–water partition coefficient (Wildman–Crippen LogP) is 2.17. The minimum absolute atomic E-state index is 0.00700. The summed E-state index contributed by atoms with van der Waals surface area (Å²) in [7, 11) is 0. The summed E-state index contributed by atoms with van der Waals surface area (Å²) < 4.78 is 0. The van der Waals surface area contributed by atoms with Crippen LogP contribution in [0.25, 0.3) is 0 Å². The molecule has 0 aliphatic heterocycles. The van der Waals surface area contributed by atoms with E-state index in [9.17, 15) is 9.90 Å². The first kappa shape index (κ1) is 13.8. The van der Waals surface area contributed by atoms with Gasteiger partial charge >= 0.3 is 0 Å². The lowest BCUT2D eigenvalue weighted by atomic mass is 10.0. The summed E-state index contributed by atoms with van der Waals surface area (Å²) in [6, 6.07) is 1.50. The van der Waals surface area contributed by atoms with Crippen molar-refractivity contribution in [1.29, 1.82) is 0 Å². The van der Waals surface area contributed by atoms with Crippen LogP contribution in [0.1, 0.15) is 30.6 Å². The molecule has 1 heterocycles. The third kappa shape index (κ3) is 3.89. The molecule has 1 rings (SSSR count). The summed E-state index contributed by atoms with van der Waals surface area (Å²) in [6.45, 7) is 4.04. The maximum atomic E-state index is 11.9. The topological polar surface area (TPSA) is 62.2 Å². The van der Waals surface area contributed by atoms with Gasteiger partial charge in [0.2, 0.25) is 0 Å². The smallest absolute Gasteiger partial charge is 0.255 e. The normalized spacial score (nSPS) is 12.5. The monoisotopic (exact) mass is 256 g/mol. The largest absolute Gasteiger partial charge is 0.505 e. The summed E-state index contributed by atoms with van der Waals surface area (Å²) in [5.74, 6) is 0.375. The second-order valence-electron chi connectivity index (χ2n) is 4.19. The summed E-state index contributed by atoms with van der Waals surface area (Å²) in [4.78, 5) is 15.6. The van der Waals surface area contributed by atoms with Crippen molar-refractivity contribution in [2.75, 3.05) is 5.88 Å². The van der Waals surface area contributed by atoms with E-state index in [1.165, 1.54) is 18.5 Å². The minimum Gasteiger partial charge on any atom is -0.505 e. The van der Waals surface area contributed by atoms with Crippen molar-refractivity contribution >= 4 is 17.5 Å². The Morgan fingerprint density at radius 1 is 1.59 bits per heavy atom. The fourth-order valence-electron chi connectivity index (χ4n) is 1.51. The van der Waals surface area contributed by atoms with Crippen LogP contribution >= 0.6 is 11.6 Å². The quantitative estimate of drug-likeness (QED) is 0.794. The third-order valence-corrected chi connectivity index (χ3v) is 2.80. The highest BCUT2D eigenvalue weighted by Gasteiger charge is 2.18. The van der Waals surface area contributed by atoms with Gasteiger partial charge in [0.05, 0.1) is 11.8 Å². The molecule has 0 saturated heterocycles. The number of hydrogen-bond acceptors (Lipinski definition) is 3. The summed E-state index contributed by atoms with van der Waals surface area (Å²) >= 11 is 5.69. The van der Waals surface area contributed by atoms with Gasteiger partial charge in [0.1, 0.15) is 5.75 Å². The molecule has 0 fully saturated rings. The molecule has 94 valence electrons. The molecule has 0 aliphatic rings. The average Bonchev–Trinajstić information content (AvgIpc) is 2.28. The molecular formula is C12H17ClN2O2. The van der Waals surface area contributed by atoms with E-state index in [4.69, 9.17) is 11.6 Å². The Hall–Kier alpha value is -1.29. The average molecular weight is 257 g/mol. The second-order valence-corrected chi connectivity index (χ2v) is 4.57. The van der Waals surface area contributed by atoms with Gasteiger partial charge < -0.3 is 10.4 Å². The molecule has 0 aromatic carbocycles. The van der Waals surface area contributed by atoms with Crippen LogP contribution in [-0.2, 0) is 0 Å². The zero-order valence-electron chi connectivity index (χ0n) is 9.98. The van der Waals surface area contributed by atoms with Crippen molar-refractivity contribution in [3.63, 3.8) is 0 Å². The molecule has 2 N–H and O–H groups in total. The Balaban J connectivity index is 2.74. The van der Waals surface area contributed by atoms with E-state index in [1.807, 2.05) is 13.8 Å². The van der Waals surface area contributed by atoms with Crippen LogP contribution in [0.2, 0.25) is 0 Å². The molecule has 1 amide bonds. The number of rotatable bonds is 5. The van der Waals surface area contributed by atoms with Gasteiger partial charge in [-0.15, -0.1) is 11.6 Å². The third-order valence-electron chi connectivity index (χ3n) is 2.59. The van der Waals surface area contributed by atoms with Crippen LogP contribution < -0.4 is 5.32 Å². The van der Waals surface area contributed by atoms with Crippen molar-refractivity contribution in [2.24, 2.45) is 5.92 Å². The van der Waals surface area contributed by atoms with E-state index in [2.05, 4.69) is 10.3 Å². The van der Waals surface area contributed by atoms with Crippen LogP contribution in [0.5, 0.6) is 5.75 Å². The molecule has 0 saturated carbocycles. The molecular weight excluding hydrogens is 240 g/mol.